The predicted molar refractivity (Wildman–Crippen MR) is 188 cm³/mol. The van der Waals surface area contributed by atoms with Gasteiger partial charge in [0.25, 0.3) is 5.91 Å². The molecule has 0 unspecified atom stereocenters. The monoisotopic (exact) mass is 681 g/mol. The highest BCUT2D eigenvalue weighted by Gasteiger charge is 2.30. The van der Waals surface area contributed by atoms with Crippen LogP contribution in [0.3, 0.4) is 0 Å². The molecule has 1 fully saturated rings. The highest BCUT2D eigenvalue weighted by atomic mass is 16.4. The molecule has 0 aliphatic heterocycles. The molecule has 14 heteroatoms. The molecule has 1 saturated carbocycles. The van der Waals surface area contributed by atoms with E-state index in [0.717, 1.165) is 41.6 Å². The van der Waals surface area contributed by atoms with Crippen LogP contribution in [-0.2, 0) is 16.0 Å². The Bertz CT molecular complexity index is 1750. The lowest BCUT2D eigenvalue weighted by molar-refractivity contribution is -0.130. The number of hydrogen-bond acceptors (Lipinski definition) is 8. The van der Waals surface area contributed by atoms with Gasteiger partial charge in [-0.25, -0.2) is 4.79 Å². The lowest BCUT2D eigenvalue weighted by Gasteiger charge is -2.29. The fraction of sp³-hybridized carbons (Fsp3) is 0.361. The second-order valence-electron chi connectivity index (χ2n) is 12.8. The topological polar surface area (TPSA) is 194 Å². The van der Waals surface area contributed by atoms with E-state index < -0.39 is 12.1 Å². The van der Waals surface area contributed by atoms with Crippen molar-refractivity contribution in [1.29, 1.82) is 0 Å². The number of carbonyl (C=O) groups is 4. The summed E-state index contributed by atoms with van der Waals surface area (Å²) in [6.45, 7) is 1.63. The lowest BCUT2D eigenvalue weighted by Crippen LogP contribution is -2.48. The molecule has 0 radical (unpaired) electrons. The van der Waals surface area contributed by atoms with E-state index >= 15 is 0 Å². The molecule has 1 heterocycles. The molecule has 5 rings (SSSR count). The number of amides is 4. The van der Waals surface area contributed by atoms with Gasteiger partial charge in [-0.3, -0.25) is 14.4 Å². The van der Waals surface area contributed by atoms with Crippen LogP contribution in [0.4, 0.5) is 10.5 Å². The SMILES string of the molecule is CN(C)CCNC(=O)c1cccc(-c2cccc(C[C@H](NC(=O)C3CCC(CNC(=O)O)CC3)C(=O)Nc3ccc(-c4nn[nH]n4)cc3)c2)c1. The van der Waals surface area contributed by atoms with Gasteiger partial charge < -0.3 is 31.3 Å². The third-order valence-electron chi connectivity index (χ3n) is 8.82. The molecule has 262 valence electrons. The van der Waals surface area contributed by atoms with Gasteiger partial charge in [-0.1, -0.05) is 36.4 Å². The third-order valence-corrected chi connectivity index (χ3v) is 8.82. The van der Waals surface area contributed by atoms with E-state index in [9.17, 15) is 19.2 Å². The Labute approximate surface area is 290 Å². The third kappa shape index (κ3) is 10.2. The predicted octanol–water partition coefficient (Wildman–Crippen LogP) is 3.57. The molecule has 1 aliphatic carbocycles. The first-order valence-electron chi connectivity index (χ1n) is 16.7. The summed E-state index contributed by atoms with van der Waals surface area (Å²) in [6, 6.07) is 21.3. The number of hydrogen-bond donors (Lipinski definition) is 6. The number of likely N-dealkylation sites (N-methyl/N-ethyl adjacent to an activating group) is 1. The Morgan fingerprint density at radius 3 is 2.30 bits per heavy atom. The van der Waals surface area contributed by atoms with E-state index in [4.69, 9.17) is 5.11 Å². The summed E-state index contributed by atoms with van der Waals surface area (Å²) in [5.41, 5.74) is 4.38. The number of aromatic amines is 1. The van der Waals surface area contributed by atoms with Crippen LogP contribution in [0.2, 0.25) is 0 Å². The van der Waals surface area contributed by atoms with Crippen LogP contribution < -0.4 is 21.3 Å². The van der Waals surface area contributed by atoms with Gasteiger partial charge in [-0.15, -0.1) is 10.2 Å². The first-order valence-corrected chi connectivity index (χ1v) is 16.7. The normalized spacial score (nSPS) is 16.3. The van der Waals surface area contributed by atoms with Gasteiger partial charge in [0.1, 0.15) is 6.04 Å². The summed E-state index contributed by atoms with van der Waals surface area (Å²) < 4.78 is 0. The second-order valence-corrected chi connectivity index (χ2v) is 12.8. The Balaban J connectivity index is 1.30. The van der Waals surface area contributed by atoms with Crippen LogP contribution in [0.15, 0.2) is 72.8 Å². The van der Waals surface area contributed by atoms with Crippen LogP contribution in [0.1, 0.15) is 41.6 Å². The van der Waals surface area contributed by atoms with E-state index in [2.05, 4.69) is 41.9 Å². The minimum absolute atomic E-state index is 0.151. The Hall–Kier alpha value is -5.63. The van der Waals surface area contributed by atoms with E-state index in [1.54, 1.807) is 30.3 Å². The van der Waals surface area contributed by atoms with Crippen molar-refractivity contribution >= 4 is 29.5 Å². The first kappa shape index (κ1) is 35.7. The number of rotatable bonds is 14. The summed E-state index contributed by atoms with van der Waals surface area (Å²) in [5, 5.41) is 34.2. The van der Waals surface area contributed by atoms with Gasteiger partial charge in [0, 0.05) is 48.8 Å². The van der Waals surface area contributed by atoms with E-state index in [0.29, 0.717) is 43.0 Å². The van der Waals surface area contributed by atoms with Gasteiger partial charge >= 0.3 is 6.09 Å². The molecule has 0 saturated heterocycles. The maximum atomic E-state index is 13.8. The Morgan fingerprint density at radius 1 is 0.900 bits per heavy atom. The molecule has 1 aliphatic rings. The quantitative estimate of drug-likeness (QED) is 0.115. The number of anilines is 1. The zero-order valence-electron chi connectivity index (χ0n) is 28.2. The fourth-order valence-corrected chi connectivity index (χ4v) is 6.02. The molecule has 0 bridgehead atoms. The Morgan fingerprint density at radius 2 is 1.62 bits per heavy atom. The molecular weight excluding hydrogens is 638 g/mol. The van der Waals surface area contributed by atoms with Crippen molar-refractivity contribution in [2.75, 3.05) is 39.0 Å². The van der Waals surface area contributed by atoms with Crippen molar-refractivity contribution in [2.24, 2.45) is 11.8 Å². The number of benzene rings is 3. The van der Waals surface area contributed by atoms with Gasteiger partial charge in [-0.2, -0.15) is 5.21 Å². The van der Waals surface area contributed by atoms with Crippen molar-refractivity contribution in [3.63, 3.8) is 0 Å². The molecule has 3 aromatic carbocycles. The number of nitrogens with one attached hydrogen (secondary N) is 5. The molecule has 6 N–H and O–H groups in total. The average Bonchev–Trinajstić information content (AvgIpc) is 3.66. The molecule has 4 amide bonds. The van der Waals surface area contributed by atoms with Gasteiger partial charge in [0.05, 0.1) is 0 Å². The van der Waals surface area contributed by atoms with Crippen molar-refractivity contribution in [1.82, 2.24) is 41.5 Å². The molecule has 0 spiro atoms. The summed E-state index contributed by atoms with van der Waals surface area (Å²) in [4.78, 5) is 53.0. The summed E-state index contributed by atoms with van der Waals surface area (Å²) in [6.07, 6.45) is 1.83. The smallest absolute Gasteiger partial charge is 0.404 e. The minimum atomic E-state index is -1.05. The van der Waals surface area contributed by atoms with Crippen molar-refractivity contribution in [2.45, 2.75) is 38.1 Å². The van der Waals surface area contributed by atoms with Gasteiger partial charge in [-0.05, 0) is 104 Å². The number of nitrogens with zero attached hydrogens (tertiary/aromatic N) is 4. The van der Waals surface area contributed by atoms with Crippen LogP contribution in [0.25, 0.3) is 22.5 Å². The summed E-state index contributed by atoms with van der Waals surface area (Å²) in [7, 11) is 3.90. The number of tetrazole rings is 1. The number of aromatic nitrogens is 4. The standard InChI is InChI=1S/C36H43N9O5/c1-45(2)18-17-37-33(46)29-8-4-7-28(21-29)27-6-3-5-24(19-27)20-31(40-34(47)26-11-9-23(10-12-26)22-38-36(49)50)35(48)39-30-15-13-25(14-16-30)32-41-43-44-42-32/h3-8,13-16,19,21,23,26,31,38H,9-12,17-18,20,22H2,1-2H3,(H,37,46)(H,39,48)(H,40,47)(H,49,50)(H,41,42,43,44)/t23?,26?,31-/m0/s1. The fourth-order valence-electron chi connectivity index (χ4n) is 6.02. The zero-order valence-corrected chi connectivity index (χ0v) is 28.2. The lowest BCUT2D eigenvalue weighted by atomic mass is 9.81. The highest BCUT2D eigenvalue weighted by Crippen LogP contribution is 2.29. The largest absolute Gasteiger partial charge is 0.465 e. The van der Waals surface area contributed by atoms with Crippen molar-refractivity contribution < 1.29 is 24.3 Å². The van der Waals surface area contributed by atoms with E-state index in [1.165, 1.54) is 0 Å². The maximum absolute atomic E-state index is 13.8. The first-order chi connectivity index (χ1) is 24.1. The van der Waals surface area contributed by atoms with E-state index in [1.807, 2.05) is 61.5 Å². The van der Waals surface area contributed by atoms with Crippen LogP contribution >= 0.6 is 0 Å². The minimum Gasteiger partial charge on any atom is -0.465 e. The molecule has 1 aromatic heterocycles. The molecule has 14 nitrogen and oxygen atoms in total. The number of carbonyl (C=O) groups excluding carboxylic acids is 3. The second kappa shape index (κ2) is 17.2. The molecule has 50 heavy (non-hydrogen) atoms. The highest BCUT2D eigenvalue weighted by molar-refractivity contribution is 5.98. The van der Waals surface area contributed by atoms with Crippen LogP contribution in [0.5, 0.6) is 0 Å². The Kier molecular flexibility index (Phi) is 12.2. The van der Waals surface area contributed by atoms with Gasteiger partial charge in [0.15, 0.2) is 0 Å². The molecule has 1 atom stereocenters. The van der Waals surface area contributed by atoms with Crippen molar-refractivity contribution in [3.05, 3.63) is 83.9 Å². The number of carboxylic acid groups (broad SMARTS) is 1. The van der Waals surface area contributed by atoms with E-state index in [-0.39, 0.29) is 36.0 Å². The summed E-state index contributed by atoms with van der Waals surface area (Å²) >= 11 is 0. The molecular formula is C36H43N9O5. The number of H-pyrrole nitrogens is 1. The average molecular weight is 682 g/mol. The maximum Gasteiger partial charge on any atom is 0.404 e. The zero-order chi connectivity index (χ0) is 35.5. The van der Waals surface area contributed by atoms with Crippen LogP contribution in [-0.4, -0.2) is 94.2 Å². The van der Waals surface area contributed by atoms with Crippen LogP contribution in [0, 0.1) is 11.8 Å². The van der Waals surface area contributed by atoms with Crippen molar-refractivity contribution in [3.8, 4) is 22.5 Å². The van der Waals surface area contributed by atoms with Gasteiger partial charge in [0.2, 0.25) is 17.6 Å². The summed E-state index contributed by atoms with van der Waals surface area (Å²) in [5.74, 6) is -0.398. The molecule has 4 aromatic rings.